The molecule has 176 valence electrons. The Morgan fingerprint density at radius 2 is 1.88 bits per heavy atom. The molecule has 0 spiro atoms. The van der Waals surface area contributed by atoms with Crippen LogP contribution in [0.3, 0.4) is 0 Å². The number of hydrogen-bond acceptors (Lipinski definition) is 6. The van der Waals surface area contributed by atoms with E-state index in [1.54, 1.807) is 12.3 Å². The number of fused-ring (bicyclic) bond motifs is 1. The highest BCUT2D eigenvalue weighted by molar-refractivity contribution is 5.76. The fourth-order valence-corrected chi connectivity index (χ4v) is 4.90. The van der Waals surface area contributed by atoms with Crippen LogP contribution in [0.2, 0.25) is 0 Å². The van der Waals surface area contributed by atoms with Crippen molar-refractivity contribution >= 4 is 28.7 Å². The Morgan fingerprint density at radius 1 is 1.12 bits per heavy atom. The van der Waals surface area contributed by atoms with Crippen LogP contribution in [0.15, 0.2) is 30.5 Å². The Morgan fingerprint density at radius 3 is 2.61 bits per heavy atom. The van der Waals surface area contributed by atoms with Crippen molar-refractivity contribution in [2.24, 2.45) is 0 Å². The lowest BCUT2D eigenvalue weighted by Crippen LogP contribution is -2.32. The third-order valence-corrected chi connectivity index (χ3v) is 6.67. The maximum Gasteiger partial charge on any atom is 0.416 e. The lowest BCUT2D eigenvalue weighted by atomic mass is 10.0. The zero-order chi connectivity index (χ0) is 23.1. The number of piperidine rings is 1. The van der Waals surface area contributed by atoms with Crippen LogP contribution in [-0.2, 0) is 6.18 Å². The predicted octanol–water partition coefficient (Wildman–Crippen LogP) is 5.26. The van der Waals surface area contributed by atoms with Crippen molar-refractivity contribution in [2.75, 3.05) is 23.7 Å². The maximum absolute atomic E-state index is 13.2. The molecule has 1 aromatic carbocycles. The van der Waals surface area contributed by atoms with Gasteiger partial charge in [-0.2, -0.15) is 18.2 Å². The van der Waals surface area contributed by atoms with Gasteiger partial charge in [0.2, 0.25) is 11.9 Å². The second kappa shape index (κ2) is 8.48. The molecule has 0 amide bonds. The number of anilines is 3. The number of hydrogen-bond donors (Lipinski definition) is 3. The van der Waals surface area contributed by atoms with Gasteiger partial charge in [-0.1, -0.05) is 18.9 Å². The standard InChI is InChI=1S/C23H28F3N7/c1-22(9-2-3-10-22)32-20-28-14-18-19(31-20)33(17-7-11-27-12-8-17)21(30-18)29-16-6-4-5-15(13-16)23(24,25)26/h4-6,13-14,17,27H,2-3,7-12H2,1H3,(H,29,30)(H,28,31,32). The second-order valence-corrected chi connectivity index (χ2v) is 9.29. The second-order valence-electron chi connectivity index (χ2n) is 9.29. The number of aromatic nitrogens is 4. The largest absolute Gasteiger partial charge is 0.416 e. The minimum Gasteiger partial charge on any atom is -0.349 e. The first-order chi connectivity index (χ1) is 15.8. The lowest BCUT2D eigenvalue weighted by Gasteiger charge is -2.27. The van der Waals surface area contributed by atoms with Crippen LogP contribution in [0.25, 0.3) is 11.2 Å². The van der Waals surface area contributed by atoms with Crippen molar-refractivity contribution < 1.29 is 13.2 Å². The zero-order valence-corrected chi connectivity index (χ0v) is 18.5. The molecule has 7 nitrogen and oxygen atoms in total. The fourth-order valence-electron chi connectivity index (χ4n) is 4.90. The van der Waals surface area contributed by atoms with Crippen LogP contribution in [0, 0.1) is 0 Å². The van der Waals surface area contributed by atoms with Crippen LogP contribution >= 0.6 is 0 Å². The molecule has 10 heteroatoms. The van der Waals surface area contributed by atoms with E-state index in [9.17, 15) is 13.2 Å². The average Bonchev–Trinajstić information content (AvgIpc) is 3.37. The molecular formula is C23H28F3N7. The van der Waals surface area contributed by atoms with Crippen molar-refractivity contribution in [3.8, 4) is 0 Å². The Balaban J connectivity index is 1.53. The smallest absolute Gasteiger partial charge is 0.349 e. The quantitative estimate of drug-likeness (QED) is 0.483. The highest BCUT2D eigenvalue weighted by atomic mass is 19.4. The molecule has 1 saturated carbocycles. The Bertz CT molecular complexity index is 1130. The van der Waals surface area contributed by atoms with Gasteiger partial charge in [0, 0.05) is 17.3 Å². The first-order valence-corrected chi connectivity index (χ1v) is 11.5. The summed E-state index contributed by atoms with van der Waals surface area (Å²) in [5.41, 5.74) is 0.917. The molecule has 5 rings (SSSR count). The van der Waals surface area contributed by atoms with Gasteiger partial charge in [0.25, 0.3) is 0 Å². The summed E-state index contributed by atoms with van der Waals surface area (Å²) in [4.78, 5) is 14.0. The Hall–Kier alpha value is -2.88. The monoisotopic (exact) mass is 459 g/mol. The fraction of sp³-hybridized carbons (Fsp3) is 0.522. The average molecular weight is 460 g/mol. The summed E-state index contributed by atoms with van der Waals surface area (Å²) >= 11 is 0. The summed E-state index contributed by atoms with van der Waals surface area (Å²) in [5.74, 6) is 1.04. The molecule has 2 aromatic heterocycles. The van der Waals surface area contributed by atoms with E-state index in [0.717, 1.165) is 50.9 Å². The molecule has 0 unspecified atom stereocenters. The van der Waals surface area contributed by atoms with Crippen LogP contribution in [0.1, 0.15) is 57.1 Å². The topological polar surface area (TPSA) is 79.7 Å². The molecule has 33 heavy (non-hydrogen) atoms. The van der Waals surface area contributed by atoms with Crippen LogP contribution in [-0.4, -0.2) is 38.1 Å². The van der Waals surface area contributed by atoms with E-state index in [1.165, 1.54) is 18.9 Å². The van der Waals surface area contributed by atoms with Crippen molar-refractivity contribution in [2.45, 2.75) is 63.2 Å². The lowest BCUT2D eigenvalue weighted by molar-refractivity contribution is -0.137. The summed E-state index contributed by atoms with van der Waals surface area (Å²) in [6.45, 7) is 3.92. The van der Waals surface area contributed by atoms with Crippen LogP contribution < -0.4 is 16.0 Å². The minimum absolute atomic E-state index is 0.0214. The van der Waals surface area contributed by atoms with Gasteiger partial charge in [0.1, 0.15) is 5.52 Å². The number of halogens is 3. The molecule has 2 fully saturated rings. The zero-order valence-electron chi connectivity index (χ0n) is 18.5. The van der Waals surface area contributed by atoms with E-state index in [-0.39, 0.29) is 11.6 Å². The molecule has 1 saturated heterocycles. The third kappa shape index (κ3) is 4.62. The highest BCUT2D eigenvalue weighted by Gasteiger charge is 2.31. The van der Waals surface area contributed by atoms with Crippen molar-refractivity contribution in [3.63, 3.8) is 0 Å². The summed E-state index contributed by atoms with van der Waals surface area (Å²) in [6, 6.07) is 5.31. The number of imidazole rings is 1. The SMILES string of the molecule is CC1(Nc2ncc3nc(Nc4cccc(C(F)(F)F)c4)n(C4CCNCC4)c3n2)CCCC1. The van der Waals surface area contributed by atoms with Crippen molar-refractivity contribution in [3.05, 3.63) is 36.0 Å². The third-order valence-electron chi connectivity index (χ3n) is 6.67. The molecule has 2 aliphatic rings. The number of nitrogens with zero attached hydrogens (tertiary/aromatic N) is 4. The normalized spacial score (nSPS) is 19.2. The van der Waals surface area contributed by atoms with Crippen molar-refractivity contribution in [1.82, 2.24) is 24.8 Å². The summed E-state index contributed by atoms with van der Waals surface area (Å²) < 4.78 is 41.6. The number of alkyl halides is 3. The van der Waals surface area contributed by atoms with Crippen molar-refractivity contribution in [1.29, 1.82) is 0 Å². The first-order valence-electron chi connectivity index (χ1n) is 11.5. The molecule has 1 aliphatic carbocycles. The number of nitrogens with one attached hydrogen (secondary N) is 3. The molecule has 3 aromatic rings. The Kier molecular flexibility index (Phi) is 5.64. The van der Waals surface area contributed by atoms with E-state index >= 15 is 0 Å². The van der Waals surface area contributed by atoms with Gasteiger partial charge in [-0.3, -0.25) is 4.57 Å². The first kappa shape index (κ1) is 21.9. The Labute approximate surface area is 190 Å². The highest BCUT2D eigenvalue weighted by Crippen LogP contribution is 2.35. The van der Waals surface area contributed by atoms with E-state index in [2.05, 4.69) is 32.8 Å². The van der Waals surface area contributed by atoms with Gasteiger partial charge in [-0.05, 0) is 63.9 Å². The van der Waals surface area contributed by atoms with Gasteiger partial charge < -0.3 is 16.0 Å². The molecule has 1 aliphatic heterocycles. The summed E-state index contributed by atoms with van der Waals surface area (Å²) in [5, 5.41) is 9.97. The number of benzene rings is 1. The summed E-state index contributed by atoms with van der Waals surface area (Å²) in [7, 11) is 0. The molecule has 0 bridgehead atoms. The van der Waals surface area contributed by atoms with E-state index in [4.69, 9.17) is 4.98 Å². The molecule has 3 N–H and O–H groups in total. The van der Waals surface area contributed by atoms with Gasteiger partial charge in [0.15, 0.2) is 5.65 Å². The van der Waals surface area contributed by atoms with E-state index < -0.39 is 11.7 Å². The predicted molar refractivity (Wildman–Crippen MR) is 122 cm³/mol. The van der Waals surface area contributed by atoms with Gasteiger partial charge in [0.05, 0.1) is 11.8 Å². The molecule has 0 atom stereocenters. The van der Waals surface area contributed by atoms with E-state index in [0.29, 0.717) is 28.7 Å². The van der Waals surface area contributed by atoms with Gasteiger partial charge in [-0.25, -0.2) is 9.97 Å². The molecular weight excluding hydrogens is 431 g/mol. The van der Waals surface area contributed by atoms with Crippen LogP contribution in [0.4, 0.5) is 30.8 Å². The minimum atomic E-state index is -4.41. The maximum atomic E-state index is 13.2. The molecule has 3 heterocycles. The number of rotatable bonds is 5. The van der Waals surface area contributed by atoms with Crippen LogP contribution in [0.5, 0.6) is 0 Å². The van der Waals surface area contributed by atoms with Gasteiger partial charge in [-0.15, -0.1) is 0 Å². The summed E-state index contributed by atoms with van der Waals surface area (Å²) in [6.07, 6.45) is 3.57. The van der Waals surface area contributed by atoms with E-state index in [1.807, 2.05) is 4.57 Å². The molecule has 0 radical (unpaired) electrons. The van der Waals surface area contributed by atoms with Gasteiger partial charge >= 0.3 is 6.18 Å².